The molecular formula is C18H20BrN5O. The monoisotopic (exact) mass is 401 g/mol. The molecule has 0 atom stereocenters. The molecular weight excluding hydrogens is 382 g/mol. The van der Waals surface area contributed by atoms with Gasteiger partial charge in [-0.1, -0.05) is 28.1 Å². The smallest absolute Gasteiger partial charge is 0.247 e. The topological polar surface area (TPSA) is 64.7 Å². The third-order valence-electron chi connectivity index (χ3n) is 4.01. The zero-order chi connectivity index (χ0) is 18.1. The van der Waals surface area contributed by atoms with E-state index < -0.39 is 0 Å². The number of carbonyl (C=O) groups excluding carboxylic acids is 1. The van der Waals surface area contributed by atoms with Crippen molar-refractivity contribution < 1.29 is 4.79 Å². The highest BCUT2D eigenvalue weighted by Gasteiger charge is 2.18. The molecule has 0 unspecified atom stereocenters. The third kappa shape index (κ3) is 3.66. The molecule has 3 aromatic rings. The van der Waals surface area contributed by atoms with Gasteiger partial charge in [0.25, 0.3) is 0 Å². The van der Waals surface area contributed by atoms with Gasteiger partial charge in [-0.15, -0.1) is 0 Å². The zero-order valence-electron chi connectivity index (χ0n) is 14.7. The van der Waals surface area contributed by atoms with E-state index in [0.717, 1.165) is 32.7 Å². The summed E-state index contributed by atoms with van der Waals surface area (Å²) in [7, 11) is 1.83. The molecule has 1 amide bonds. The van der Waals surface area contributed by atoms with Crippen molar-refractivity contribution in [1.29, 1.82) is 0 Å². The molecule has 2 aromatic heterocycles. The first-order valence-corrected chi connectivity index (χ1v) is 8.75. The van der Waals surface area contributed by atoms with Crippen LogP contribution in [-0.4, -0.2) is 25.5 Å². The van der Waals surface area contributed by atoms with Crippen molar-refractivity contribution in [2.45, 2.75) is 27.3 Å². The van der Waals surface area contributed by atoms with Crippen LogP contribution in [0.2, 0.25) is 0 Å². The number of hydrogen-bond donors (Lipinski definition) is 1. The van der Waals surface area contributed by atoms with Crippen LogP contribution in [0.1, 0.15) is 17.1 Å². The molecule has 2 heterocycles. The highest BCUT2D eigenvalue weighted by atomic mass is 79.9. The van der Waals surface area contributed by atoms with Crippen LogP contribution < -0.4 is 5.32 Å². The number of aromatic nitrogens is 4. The van der Waals surface area contributed by atoms with Crippen LogP contribution in [0.4, 0.5) is 5.82 Å². The molecule has 0 aliphatic carbocycles. The minimum absolute atomic E-state index is 0.132. The summed E-state index contributed by atoms with van der Waals surface area (Å²) in [6.45, 7) is 5.96. The molecule has 130 valence electrons. The number of anilines is 1. The van der Waals surface area contributed by atoms with E-state index in [1.165, 1.54) is 0 Å². The van der Waals surface area contributed by atoms with E-state index >= 15 is 0 Å². The lowest BCUT2D eigenvalue weighted by atomic mass is 10.1. The first-order valence-electron chi connectivity index (χ1n) is 7.95. The van der Waals surface area contributed by atoms with Crippen molar-refractivity contribution in [3.8, 4) is 11.1 Å². The molecule has 7 heteroatoms. The van der Waals surface area contributed by atoms with Crippen LogP contribution >= 0.6 is 15.9 Å². The summed E-state index contributed by atoms with van der Waals surface area (Å²) >= 11 is 3.45. The minimum atomic E-state index is -0.132. The van der Waals surface area contributed by atoms with Gasteiger partial charge in [0.15, 0.2) is 0 Å². The summed E-state index contributed by atoms with van der Waals surface area (Å²) in [5, 5.41) is 11.8. The number of aryl methyl sites for hydroxylation is 4. The van der Waals surface area contributed by atoms with E-state index in [1.807, 2.05) is 58.2 Å². The molecule has 3 rings (SSSR count). The molecule has 1 aromatic carbocycles. The van der Waals surface area contributed by atoms with Crippen LogP contribution in [0.5, 0.6) is 0 Å². The van der Waals surface area contributed by atoms with Gasteiger partial charge in [-0.25, -0.2) is 0 Å². The van der Waals surface area contributed by atoms with Gasteiger partial charge >= 0.3 is 0 Å². The average molecular weight is 402 g/mol. The molecule has 25 heavy (non-hydrogen) atoms. The predicted octanol–water partition coefficient (Wildman–Crippen LogP) is 3.61. The molecule has 0 aliphatic heterocycles. The van der Waals surface area contributed by atoms with Crippen LogP contribution in [0, 0.1) is 20.8 Å². The van der Waals surface area contributed by atoms with Gasteiger partial charge in [0.05, 0.1) is 11.4 Å². The molecule has 0 aliphatic rings. The Morgan fingerprint density at radius 3 is 2.44 bits per heavy atom. The summed E-state index contributed by atoms with van der Waals surface area (Å²) in [4.78, 5) is 12.5. The Labute approximate surface area is 155 Å². The van der Waals surface area contributed by atoms with Crippen LogP contribution in [0.15, 0.2) is 34.8 Å². The van der Waals surface area contributed by atoms with E-state index in [4.69, 9.17) is 0 Å². The van der Waals surface area contributed by atoms with Gasteiger partial charge in [0.2, 0.25) is 5.91 Å². The molecule has 0 radical (unpaired) electrons. The summed E-state index contributed by atoms with van der Waals surface area (Å²) in [5.41, 5.74) is 4.66. The van der Waals surface area contributed by atoms with Gasteiger partial charge in [-0.2, -0.15) is 10.2 Å². The lowest BCUT2D eigenvalue weighted by molar-refractivity contribution is -0.117. The van der Waals surface area contributed by atoms with E-state index in [0.29, 0.717) is 5.82 Å². The number of carbonyl (C=O) groups is 1. The number of amides is 1. The van der Waals surface area contributed by atoms with Crippen molar-refractivity contribution in [1.82, 2.24) is 19.6 Å². The van der Waals surface area contributed by atoms with Crippen molar-refractivity contribution in [2.24, 2.45) is 7.05 Å². The molecule has 0 spiro atoms. The van der Waals surface area contributed by atoms with E-state index in [1.54, 1.807) is 9.36 Å². The number of halogens is 1. The second kappa shape index (κ2) is 6.84. The summed E-state index contributed by atoms with van der Waals surface area (Å²) in [6.07, 6.45) is 0. The highest BCUT2D eigenvalue weighted by Crippen LogP contribution is 2.31. The lowest BCUT2D eigenvalue weighted by Gasteiger charge is -2.10. The SMILES string of the molecule is Cc1cc(C)n(CC(=O)Nc2c(-c3ccc(Br)cc3)c(C)nn2C)n1. The molecule has 0 fully saturated rings. The van der Waals surface area contributed by atoms with Gasteiger partial charge in [0, 0.05) is 22.8 Å². The fraction of sp³-hybridized carbons (Fsp3) is 0.278. The fourth-order valence-corrected chi connectivity index (χ4v) is 3.17. The summed E-state index contributed by atoms with van der Waals surface area (Å²) in [6, 6.07) is 9.91. The maximum Gasteiger partial charge on any atom is 0.247 e. The van der Waals surface area contributed by atoms with E-state index in [-0.39, 0.29) is 12.5 Å². The normalized spacial score (nSPS) is 10.9. The predicted molar refractivity (Wildman–Crippen MR) is 101 cm³/mol. The van der Waals surface area contributed by atoms with Crippen molar-refractivity contribution in [3.05, 3.63) is 51.9 Å². The average Bonchev–Trinajstić information content (AvgIpc) is 2.99. The second-order valence-electron chi connectivity index (χ2n) is 6.07. The third-order valence-corrected chi connectivity index (χ3v) is 4.54. The second-order valence-corrected chi connectivity index (χ2v) is 6.99. The Morgan fingerprint density at radius 2 is 1.84 bits per heavy atom. The summed E-state index contributed by atoms with van der Waals surface area (Å²) < 4.78 is 4.41. The maximum absolute atomic E-state index is 12.5. The van der Waals surface area contributed by atoms with Gasteiger partial charge in [-0.3, -0.25) is 14.2 Å². The largest absolute Gasteiger partial charge is 0.309 e. The number of nitrogens with one attached hydrogen (secondary N) is 1. The Balaban J connectivity index is 1.88. The lowest BCUT2D eigenvalue weighted by Crippen LogP contribution is -2.22. The van der Waals surface area contributed by atoms with Crippen molar-refractivity contribution in [3.63, 3.8) is 0 Å². The van der Waals surface area contributed by atoms with E-state index in [9.17, 15) is 4.79 Å². The quantitative estimate of drug-likeness (QED) is 0.725. The van der Waals surface area contributed by atoms with Crippen LogP contribution in [0.25, 0.3) is 11.1 Å². The van der Waals surface area contributed by atoms with Gasteiger partial charge < -0.3 is 5.32 Å². The fourth-order valence-electron chi connectivity index (χ4n) is 2.91. The molecule has 0 saturated heterocycles. The molecule has 1 N–H and O–H groups in total. The zero-order valence-corrected chi connectivity index (χ0v) is 16.3. The Bertz CT molecular complexity index is 924. The van der Waals surface area contributed by atoms with Crippen LogP contribution in [-0.2, 0) is 18.4 Å². The van der Waals surface area contributed by atoms with Gasteiger partial charge in [-0.05, 0) is 44.5 Å². The maximum atomic E-state index is 12.5. The Morgan fingerprint density at radius 1 is 1.16 bits per heavy atom. The van der Waals surface area contributed by atoms with Crippen molar-refractivity contribution in [2.75, 3.05) is 5.32 Å². The first kappa shape index (κ1) is 17.4. The Kier molecular flexibility index (Phi) is 4.76. The van der Waals surface area contributed by atoms with Gasteiger partial charge in [0.1, 0.15) is 12.4 Å². The molecule has 0 saturated carbocycles. The number of hydrogen-bond acceptors (Lipinski definition) is 3. The molecule has 0 bridgehead atoms. The highest BCUT2D eigenvalue weighted by molar-refractivity contribution is 9.10. The Hall–Kier alpha value is -2.41. The number of nitrogens with zero attached hydrogens (tertiary/aromatic N) is 4. The first-order chi connectivity index (χ1) is 11.8. The van der Waals surface area contributed by atoms with E-state index in [2.05, 4.69) is 31.4 Å². The molecule has 6 nitrogen and oxygen atoms in total. The van der Waals surface area contributed by atoms with Crippen molar-refractivity contribution >= 4 is 27.7 Å². The van der Waals surface area contributed by atoms with Crippen LogP contribution in [0.3, 0.4) is 0 Å². The number of benzene rings is 1. The summed E-state index contributed by atoms with van der Waals surface area (Å²) in [5.74, 6) is 0.555. The number of rotatable bonds is 4. The minimum Gasteiger partial charge on any atom is -0.309 e. The standard InChI is InChI=1S/C18H20BrN5O/c1-11-9-12(2)24(21-11)10-16(25)20-18-17(13(3)22-23(18)4)14-5-7-15(19)8-6-14/h5-9H,10H2,1-4H3,(H,20,25).